The van der Waals surface area contributed by atoms with E-state index < -0.39 is 5.54 Å². The Hall–Kier alpha value is -1.93. The summed E-state index contributed by atoms with van der Waals surface area (Å²) in [4.78, 5) is 14.4. The lowest BCUT2D eigenvalue weighted by Gasteiger charge is -2.35. The molecule has 1 amide bonds. The van der Waals surface area contributed by atoms with E-state index in [1.54, 1.807) is 13.0 Å². The van der Waals surface area contributed by atoms with Crippen LogP contribution in [0.15, 0.2) is 18.2 Å². The summed E-state index contributed by atoms with van der Waals surface area (Å²) in [5.41, 5.74) is 1.35. The molecule has 1 aliphatic heterocycles. The van der Waals surface area contributed by atoms with E-state index in [-0.39, 0.29) is 30.2 Å². The van der Waals surface area contributed by atoms with Crippen LogP contribution in [-0.2, 0) is 11.2 Å². The summed E-state index contributed by atoms with van der Waals surface area (Å²) in [5, 5.41) is 12.2. The summed E-state index contributed by atoms with van der Waals surface area (Å²) in [6.07, 6.45) is 2.75. The first-order chi connectivity index (χ1) is 10.9. The molecule has 1 saturated carbocycles. The first-order valence-electron chi connectivity index (χ1n) is 8.17. The molecule has 0 spiro atoms. The van der Waals surface area contributed by atoms with Crippen molar-refractivity contribution in [2.45, 2.75) is 44.7 Å². The molecule has 1 aromatic rings. The van der Waals surface area contributed by atoms with E-state index >= 15 is 0 Å². The van der Waals surface area contributed by atoms with E-state index in [1.165, 1.54) is 6.07 Å². The van der Waals surface area contributed by atoms with Gasteiger partial charge in [0.2, 0.25) is 5.91 Å². The topological polar surface area (TPSA) is 56.1 Å². The highest BCUT2D eigenvalue weighted by Crippen LogP contribution is 2.39. The summed E-state index contributed by atoms with van der Waals surface area (Å²) in [6, 6.07) is 7.18. The number of rotatable bonds is 4. The lowest BCUT2D eigenvalue weighted by atomic mass is 9.93. The standard InChI is InChI=1S/C18H22FN3O/c1-12-16-6-5-15(19)9-13(16)7-8-22(12)10-17(23)21-18(2,11-20)14-3-4-14/h5-6,9,12,14H,3-4,7-8,10H2,1-2H3,(H,21,23). The van der Waals surface area contributed by atoms with Crippen LogP contribution < -0.4 is 5.32 Å². The van der Waals surface area contributed by atoms with Crippen LogP contribution in [-0.4, -0.2) is 29.4 Å². The number of hydrogen-bond donors (Lipinski definition) is 1. The van der Waals surface area contributed by atoms with Gasteiger partial charge < -0.3 is 5.32 Å². The normalized spacial score (nSPS) is 23.5. The average molecular weight is 315 g/mol. The van der Waals surface area contributed by atoms with Gasteiger partial charge in [0.15, 0.2) is 0 Å². The molecule has 1 heterocycles. The number of nitrogens with one attached hydrogen (secondary N) is 1. The summed E-state index contributed by atoms with van der Waals surface area (Å²) >= 11 is 0. The third-order valence-corrected chi connectivity index (χ3v) is 5.14. The van der Waals surface area contributed by atoms with E-state index in [4.69, 9.17) is 0 Å². The number of hydrogen-bond acceptors (Lipinski definition) is 3. The second kappa shape index (κ2) is 5.93. The zero-order valence-electron chi connectivity index (χ0n) is 13.6. The fraction of sp³-hybridized carbons (Fsp3) is 0.556. The summed E-state index contributed by atoms with van der Waals surface area (Å²) in [7, 11) is 0. The Bertz CT molecular complexity index is 665. The third kappa shape index (κ3) is 3.23. The highest BCUT2D eigenvalue weighted by Gasteiger charge is 2.43. The molecule has 122 valence electrons. The Balaban J connectivity index is 1.66. The molecule has 1 fully saturated rings. The second-order valence-corrected chi connectivity index (χ2v) is 6.88. The van der Waals surface area contributed by atoms with Gasteiger partial charge in [-0.05, 0) is 62.3 Å². The fourth-order valence-electron chi connectivity index (χ4n) is 3.46. The van der Waals surface area contributed by atoms with Crippen molar-refractivity contribution in [2.75, 3.05) is 13.1 Å². The molecule has 0 radical (unpaired) electrons. The van der Waals surface area contributed by atoms with Gasteiger partial charge in [-0.25, -0.2) is 4.39 Å². The molecule has 5 heteroatoms. The number of carbonyl (C=O) groups excluding carboxylic acids is 1. The maximum absolute atomic E-state index is 13.3. The van der Waals surface area contributed by atoms with Gasteiger partial charge in [-0.15, -0.1) is 0 Å². The number of amides is 1. The summed E-state index contributed by atoms with van der Waals surface area (Å²) in [6.45, 7) is 4.83. The number of nitriles is 1. The molecule has 1 aliphatic carbocycles. The van der Waals surface area contributed by atoms with Crippen molar-refractivity contribution in [1.82, 2.24) is 10.2 Å². The van der Waals surface area contributed by atoms with E-state index in [0.29, 0.717) is 0 Å². The van der Waals surface area contributed by atoms with Gasteiger partial charge in [-0.1, -0.05) is 6.07 Å². The Morgan fingerprint density at radius 1 is 1.52 bits per heavy atom. The Labute approximate surface area is 136 Å². The average Bonchev–Trinajstić information content (AvgIpc) is 3.35. The fourth-order valence-corrected chi connectivity index (χ4v) is 3.46. The molecule has 4 nitrogen and oxygen atoms in total. The number of nitrogens with zero attached hydrogens (tertiary/aromatic N) is 2. The van der Waals surface area contributed by atoms with Gasteiger partial charge >= 0.3 is 0 Å². The molecule has 23 heavy (non-hydrogen) atoms. The maximum atomic E-state index is 13.3. The summed E-state index contributed by atoms with van der Waals surface area (Å²) < 4.78 is 13.3. The molecule has 0 bridgehead atoms. The van der Waals surface area contributed by atoms with Gasteiger partial charge in [0.05, 0.1) is 12.6 Å². The first-order valence-corrected chi connectivity index (χ1v) is 8.17. The van der Waals surface area contributed by atoms with Crippen LogP contribution in [0.1, 0.15) is 43.9 Å². The highest BCUT2D eigenvalue weighted by molar-refractivity contribution is 5.79. The lowest BCUT2D eigenvalue weighted by Crippen LogP contribution is -2.51. The molecule has 1 N–H and O–H groups in total. The highest BCUT2D eigenvalue weighted by atomic mass is 19.1. The van der Waals surface area contributed by atoms with Crippen LogP contribution in [0.5, 0.6) is 0 Å². The molecular formula is C18H22FN3O. The van der Waals surface area contributed by atoms with Gasteiger partial charge in [-0.2, -0.15) is 5.26 Å². The molecule has 2 aliphatic rings. The molecule has 3 rings (SSSR count). The number of halogens is 1. The smallest absolute Gasteiger partial charge is 0.235 e. The van der Waals surface area contributed by atoms with Crippen LogP contribution in [0.25, 0.3) is 0 Å². The van der Waals surface area contributed by atoms with Crippen molar-refractivity contribution in [1.29, 1.82) is 5.26 Å². The zero-order valence-corrected chi connectivity index (χ0v) is 13.6. The van der Waals surface area contributed by atoms with E-state index in [2.05, 4.69) is 16.3 Å². The van der Waals surface area contributed by atoms with Crippen LogP contribution in [0, 0.1) is 23.1 Å². The van der Waals surface area contributed by atoms with E-state index in [9.17, 15) is 14.4 Å². The number of benzene rings is 1. The van der Waals surface area contributed by atoms with Crippen molar-refractivity contribution in [3.63, 3.8) is 0 Å². The van der Waals surface area contributed by atoms with Crippen LogP contribution in [0.2, 0.25) is 0 Å². The predicted octanol–water partition coefficient (Wildman–Crippen LogP) is 2.55. The first kappa shape index (κ1) is 15.9. The Morgan fingerprint density at radius 2 is 2.26 bits per heavy atom. The van der Waals surface area contributed by atoms with Crippen LogP contribution in [0.4, 0.5) is 4.39 Å². The van der Waals surface area contributed by atoms with E-state index in [0.717, 1.165) is 36.9 Å². The zero-order chi connectivity index (χ0) is 16.6. The third-order valence-electron chi connectivity index (χ3n) is 5.14. The molecule has 0 saturated heterocycles. The van der Waals surface area contributed by atoms with Gasteiger partial charge in [-0.3, -0.25) is 9.69 Å². The lowest BCUT2D eigenvalue weighted by molar-refractivity contribution is -0.124. The minimum atomic E-state index is -0.753. The molecule has 1 aromatic carbocycles. The predicted molar refractivity (Wildman–Crippen MR) is 85.0 cm³/mol. The van der Waals surface area contributed by atoms with Crippen molar-refractivity contribution in [3.8, 4) is 6.07 Å². The van der Waals surface area contributed by atoms with Gasteiger partial charge in [0.1, 0.15) is 11.4 Å². The van der Waals surface area contributed by atoms with Crippen molar-refractivity contribution < 1.29 is 9.18 Å². The molecule has 0 aromatic heterocycles. The van der Waals surface area contributed by atoms with Crippen molar-refractivity contribution >= 4 is 5.91 Å². The second-order valence-electron chi connectivity index (χ2n) is 6.88. The van der Waals surface area contributed by atoms with Gasteiger partial charge in [0.25, 0.3) is 0 Å². The molecule has 2 atom stereocenters. The number of fused-ring (bicyclic) bond motifs is 1. The Kier molecular flexibility index (Phi) is 4.11. The van der Waals surface area contributed by atoms with Crippen LogP contribution >= 0.6 is 0 Å². The Morgan fingerprint density at radius 3 is 2.91 bits per heavy atom. The van der Waals surface area contributed by atoms with Gasteiger partial charge in [0, 0.05) is 12.6 Å². The summed E-state index contributed by atoms with van der Waals surface area (Å²) in [5.74, 6) is -0.0475. The minimum Gasteiger partial charge on any atom is -0.337 e. The quantitative estimate of drug-likeness (QED) is 0.929. The SMILES string of the molecule is CC1c2ccc(F)cc2CCN1CC(=O)NC(C)(C#N)C1CC1. The minimum absolute atomic E-state index is 0.0689. The number of carbonyl (C=O) groups is 1. The molecular weight excluding hydrogens is 293 g/mol. The molecule has 2 unspecified atom stereocenters. The van der Waals surface area contributed by atoms with Crippen molar-refractivity contribution in [3.05, 3.63) is 35.1 Å². The largest absolute Gasteiger partial charge is 0.337 e. The van der Waals surface area contributed by atoms with Crippen molar-refractivity contribution in [2.24, 2.45) is 5.92 Å². The maximum Gasteiger partial charge on any atom is 0.235 e. The van der Waals surface area contributed by atoms with Crippen LogP contribution in [0.3, 0.4) is 0 Å². The monoisotopic (exact) mass is 315 g/mol. The van der Waals surface area contributed by atoms with E-state index in [1.807, 2.05) is 13.0 Å².